The Morgan fingerprint density at radius 3 is 2.00 bits per heavy atom. The van der Waals surface area contributed by atoms with Gasteiger partial charge in [0.15, 0.2) is 0 Å². The van der Waals surface area contributed by atoms with Crippen LogP contribution in [0.25, 0.3) is 0 Å². The Labute approximate surface area is 64.0 Å². The molecule has 0 atom stereocenters. The minimum atomic E-state index is 1.00. The number of nitrogens with zero attached hydrogens (tertiary/aromatic N) is 1. The lowest BCUT2D eigenvalue weighted by Crippen LogP contribution is -2.23. The largest absolute Gasteiger partial charge is 0.319 e. The second kappa shape index (κ2) is 8.24. The number of rotatable bonds is 2. The summed E-state index contributed by atoms with van der Waals surface area (Å²) >= 11 is 0. The van der Waals surface area contributed by atoms with Gasteiger partial charge in [0.25, 0.3) is 0 Å². The molecule has 0 bridgehead atoms. The van der Waals surface area contributed by atoms with Gasteiger partial charge in [0.05, 0.1) is 0 Å². The smallest absolute Gasteiger partial charge is 0.0256 e. The molecule has 10 heavy (non-hydrogen) atoms. The van der Waals surface area contributed by atoms with E-state index in [9.17, 15) is 0 Å². The van der Waals surface area contributed by atoms with Crippen molar-refractivity contribution in [3.05, 3.63) is 24.4 Å². The molecule has 0 aliphatic rings. The summed E-state index contributed by atoms with van der Waals surface area (Å²) in [6, 6.07) is 0. The van der Waals surface area contributed by atoms with Crippen LogP contribution in [0.3, 0.4) is 0 Å². The lowest BCUT2D eigenvalue weighted by atomic mass is 10.4. The zero-order valence-electron chi connectivity index (χ0n) is 7.39. The van der Waals surface area contributed by atoms with Crippen LogP contribution in [0.4, 0.5) is 0 Å². The van der Waals surface area contributed by atoms with E-state index in [4.69, 9.17) is 5.84 Å². The van der Waals surface area contributed by atoms with Crippen LogP contribution in [0.2, 0.25) is 0 Å². The van der Waals surface area contributed by atoms with E-state index in [0.717, 1.165) is 5.70 Å². The van der Waals surface area contributed by atoms with E-state index in [1.54, 1.807) is 18.1 Å². The molecular formula is C8H18N2. The molecule has 0 aromatic carbocycles. The summed E-state index contributed by atoms with van der Waals surface area (Å²) in [6.07, 6.45) is 3.55. The molecule has 0 saturated heterocycles. The standard InChI is InChI=1S/C6H12N2.C2H6/c1-4-5-6(2)8(3)7;1-2/h4-5H,1,7H2,2-3H3;1-2H3/b6-5+;. The summed E-state index contributed by atoms with van der Waals surface area (Å²) in [5.74, 6) is 5.34. The molecular weight excluding hydrogens is 124 g/mol. The fourth-order valence-corrected chi connectivity index (χ4v) is 0.288. The molecule has 0 spiro atoms. The number of hydrogen-bond acceptors (Lipinski definition) is 2. The molecule has 2 N–H and O–H groups in total. The van der Waals surface area contributed by atoms with Gasteiger partial charge in [-0.25, -0.2) is 5.84 Å². The minimum absolute atomic E-state index is 1.00. The van der Waals surface area contributed by atoms with E-state index < -0.39 is 0 Å². The first-order chi connectivity index (χ1) is 4.68. The van der Waals surface area contributed by atoms with Crippen LogP contribution >= 0.6 is 0 Å². The molecule has 0 aromatic rings. The first-order valence-electron chi connectivity index (χ1n) is 3.46. The highest BCUT2D eigenvalue weighted by Crippen LogP contribution is 1.91. The highest BCUT2D eigenvalue weighted by molar-refractivity contribution is 5.04. The average molecular weight is 142 g/mol. The molecule has 60 valence electrons. The molecule has 0 amide bonds. The first kappa shape index (κ1) is 12.0. The lowest BCUT2D eigenvalue weighted by molar-refractivity contribution is 0.442. The molecule has 0 aromatic heterocycles. The number of nitrogens with two attached hydrogens (primary N) is 1. The van der Waals surface area contributed by atoms with Gasteiger partial charge in [0, 0.05) is 12.7 Å². The molecule has 0 saturated carbocycles. The fraction of sp³-hybridized carbons (Fsp3) is 0.500. The van der Waals surface area contributed by atoms with E-state index in [1.807, 2.05) is 26.8 Å². The van der Waals surface area contributed by atoms with Crippen LogP contribution in [0, 0.1) is 0 Å². The highest BCUT2D eigenvalue weighted by Gasteiger charge is 1.84. The maximum Gasteiger partial charge on any atom is 0.0256 e. The van der Waals surface area contributed by atoms with E-state index in [2.05, 4.69) is 6.58 Å². The Balaban J connectivity index is 0. The van der Waals surface area contributed by atoms with Crippen LogP contribution in [0.5, 0.6) is 0 Å². The van der Waals surface area contributed by atoms with Crippen LogP contribution in [0.15, 0.2) is 24.4 Å². The van der Waals surface area contributed by atoms with E-state index in [1.165, 1.54) is 0 Å². The molecule has 0 unspecified atom stereocenters. The van der Waals surface area contributed by atoms with Crippen molar-refractivity contribution in [2.75, 3.05) is 7.05 Å². The molecule has 0 fully saturated rings. The van der Waals surface area contributed by atoms with E-state index >= 15 is 0 Å². The molecule has 0 heterocycles. The van der Waals surface area contributed by atoms with Crippen molar-refractivity contribution in [3.63, 3.8) is 0 Å². The zero-order valence-corrected chi connectivity index (χ0v) is 7.39. The van der Waals surface area contributed by atoms with Gasteiger partial charge in [-0.2, -0.15) is 0 Å². The Bertz CT molecular complexity index is 104. The van der Waals surface area contributed by atoms with Gasteiger partial charge in [0.1, 0.15) is 0 Å². The molecule has 2 heteroatoms. The predicted molar refractivity (Wildman–Crippen MR) is 47.3 cm³/mol. The fourth-order valence-electron chi connectivity index (χ4n) is 0.288. The third kappa shape index (κ3) is 7.24. The van der Waals surface area contributed by atoms with E-state index in [-0.39, 0.29) is 0 Å². The quantitative estimate of drug-likeness (QED) is 0.362. The lowest BCUT2D eigenvalue weighted by Gasteiger charge is -2.10. The first-order valence-corrected chi connectivity index (χ1v) is 3.46. The van der Waals surface area contributed by atoms with Crippen molar-refractivity contribution in [1.29, 1.82) is 0 Å². The average Bonchev–Trinajstić information content (AvgIpc) is 1.93. The monoisotopic (exact) mass is 142 g/mol. The minimum Gasteiger partial charge on any atom is -0.319 e. The maximum absolute atomic E-state index is 5.34. The second-order valence-corrected chi connectivity index (χ2v) is 1.65. The van der Waals surface area contributed by atoms with Gasteiger partial charge < -0.3 is 5.01 Å². The molecule has 0 aliphatic heterocycles. The van der Waals surface area contributed by atoms with Gasteiger partial charge in [0.2, 0.25) is 0 Å². The zero-order chi connectivity index (χ0) is 8.57. The van der Waals surface area contributed by atoms with Crippen molar-refractivity contribution in [1.82, 2.24) is 5.01 Å². The van der Waals surface area contributed by atoms with Crippen molar-refractivity contribution in [3.8, 4) is 0 Å². The number of hydrazine groups is 1. The maximum atomic E-state index is 5.34. The van der Waals surface area contributed by atoms with Crippen LogP contribution in [0.1, 0.15) is 20.8 Å². The molecule has 0 rings (SSSR count). The second-order valence-electron chi connectivity index (χ2n) is 1.65. The van der Waals surface area contributed by atoms with Gasteiger partial charge >= 0.3 is 0 Å². The predicted octanol–water partition coefficient (Wildman–Crippen LogP) is 1.91. The molecule has 2 nitrogen and oxygen atoms in total. The van der Waals surface area contributed by atoms with Crippen molar-refractivity contribution in [2.45, 2.75) is 20.8 Å². The van der Waals surface area contributed by atoms with Crippen LogP contribution in [-0.2, 0) is 0 Å². The SMILES string of the molecule is C=C/C=C(\C)N(C)N.CC. The van der Waals surface area contributed by atoms with Gasteiger partial charge in [-0.1, -0.05) is 26.5 Å². The van der Waals surface area contributed by atoms with E-state index in [0.29, 0.717) is 0 Å². The Morgan fingerprint density at radius 2 is 1.90 bits per heavy atom. The Morgan fingerprint density at radius 1 is 1.50 bits per heavy atom. The summed E-state index contributed by atoms with van der Waals surface area (Å²) in [5, 5.41) is 1.54. The summed E-state index contributed by atoms with van der Waals surface area (Å²) in [6.45, 7) is 9.44. The molecule has 0 aliphatic carbocycles. The summed E-state index contributed by atoms with van der Waals surface area (Å²) in [5.41, 5.74) is 1.00. The van der Waals surface area contributed by atoms with Crippen LogP contribution < -0.4 is 5.84 Å². The summed E-state index contributed by atoms with van der Waals surface area (Å²) in [4.78, 5) is 0. The summed E-state index contributed by atoms with van der Waals surface area (Å²) < 4.78 is 0. The normalized spacial score (nSPS) is 9.50. The van der Waals surface area contributed by atoms with Crippen molar-refractivity contribution >= 4 is 0 Å². The van der Waals surface area contributed by atoms with Crippen molar-refractivity contribution in [2.24, 2.45) is 5.84 Å². The summed E-state index contributed by atoms with van der Waals surface area (Å²) in [7, 11) is 1.79. The number of allylic oxidation sites excluding steroid dienone is 3. The van der Waals surface area contributed by atoms with Gasteiger partial charge in [-0.15, -0.1) is 0 Å². The Hall–Kier alpha value is -0.760. The third-order valence-corrected chi connectivity index (χ3v) is 0.915. The van der Waals surface area contributed by atoms with Crippen molar-refractivity contribution < 1.29 is 0 Å². The van der Waals surface area contributed by atoms with Gasteiger partial charge in [-0.05, 0) is 13.0 Å². The third-order valence-electron chi connectivity index (χ3n) is 0.915. The highest BCUT2D eigenvalue weighted by atomic mass is 15.4. The van der Waals surface area contributed by atoms with Gasteiger partial charge in [-0.3, -0.25) is 0 Å². The molecule has 0 radical (unpaired) electrons. The Kier molecular flexibility index (Phi) is 9.86. The topological polar surface area (TPSA) is 29.3 Å². The van der Waals surface area contributed by atoms with Crippen LogP contribution in [-0.4, -0.2) is 12.1 Å². The number of hydrogen-bond donors (Lipinski definition) is 1.